The maximum Gasteiger partial charge on any atom is 0.322 e. The molecule has 1 saturated carbocycles. The van der Waals surface area contributed by atoms with Crippen molar-refractivity contribution in [3.8, 4) is 0 Å². The zero-order chi connectivity index (χ0) is 16.6. The van der Waals surface area contributed by atoms with Crippen LogP contribution in [0.15, 0.2) is 24.3 Å². The minimum Gasteiger partial charge on any atom is -0.348 e. The summed E-state index contributed by atoms with van der Waals surface area (Å²) in [5.74, 6) is -0.0971. The molecule has 0 bridgehead atoms. The van der Waals surface area contributed by atoms with E-state index in [1.54, 1.807) is 31.2 Å². The SMILES string of the molecule is CC1(c2ccc(C(=O)NC(CN)C3CC3)cc2)NC(=O)NC1=O. The molecule has 1 aliphatic heterocycles. The van der Waals surface area contributed by atoms with Gasteiger partial charge in [-0.05, 0) is 43.4 Å². The molecule has 7 heteroatoms. The average Bonchev–Trinajstić information content (AvgIpc) is 3.33. The van der Waals surface area contributed by atoms with Crippen LogP contribution in [-0.4, -0.2) is 30.4 Å². The standard InChI is InChI=1S/C16H20N4O3/c1-16(14(22)19-15(23)20-16)11-6-4-10(5-7-11)13(21)18-12(8-17)9-2-3-9/h4-7,9,12H,2-3,8,17H2,1H3,(H,18,21)(H2,19,20,22,23). The van der Waals surface area contributed by atoms with Gasteiger partial charge >= 0.3 is 6.03 Å². The summed E-state index contributed by atoms with van der Waals surface area (Å²) < 4.78 is 0. The van der Waals surface area contributed by atoms with Gasteiger partial charge < -0.3 is 16.4 Å². The molecular formula is C16H20N4O3. The van der Waals surface area contributed by atoms with Gasteiger partial charge in [0.15, 0.2) is 0 Å². The molecule has 0 radical (unpaired) electrons. The molecule has 122 valence electrons. The van der Waals surface area contributed by atoms with Crippen LogP contribution in [0.4, 0.5) is 4.79 Å². The summed E-state index contributed by atoms with van der Waals surface area (Å²) in [4.78, 5) is 35.5. The maximum absolute atomic E-state index is 12.3. The van der Waals surface area contributed by atoms with Crippen LogP contribution < -0.4 is 21.7 Å². The van der Waals surface area contributed by atoms with Crippen LogP contribution in [0.2, 0.25) is 0 Å². The average molecular weight is 316 g/mol. The molecule has 1 saturated heterocycles. The lowest BCUT2D eigenvalue weighted by molar-refractivity contribution is -0.123. The lowest BCUT2D eigenvalue weighted by Crippen LogP contribution is -2.42. The molecule has 4 amide bonds. The Hall–Kier alpha value is -2.41. The van der Waals surface area contributed by atoms with Crippen molar-refractivity contribution in [3.63, 3.8) is 0 Å². The van der Waals surface area contributed by atoms with Gasteiger partial charge in [-0.2, -0.15) is 0 Å². The van der Waals surface area contributed by atoms with Crippen molar-refractivity contribution in [1.29, 1.82) is 0 Å². The quantitative estimate of drug-likeness (QED) is 0.581. The van der Waals surface area contributed by atoms with E-state index in [0.29, 0.717) is 23.6 Å². The summed E-state index contributed by atoms with van der Waals surface area (Å²) in [6, 6.07) is 6.14. The second-order valence-electron chi connectivity index (χ2n) is 6.26. The molecule has 1 aromatic carbocycles. The Kier molecular flexibility index (Phi) is 3.81. The fourth-order valence-electron chi connectivity index (χ4n) is 2.82. The van der Waals surface area contributed by atoms with Gasteiger partial charge in [-0.15, -0.1) is 0 Å². The molecule has 2 unspecified atom stereocenters. The van der Waals surface area contributed by atoms with E-state index in [1.807, 2.05) is 0 Å². The molecule has 5 N–H and O–H groups in total. The summed E-state index contributed by atoms with van der Waals surface area (Å²) in [5.41, 5.74) is 5.70. The number of carbonyl (C=O) groups is 3. The number of amides is 4. The number of urea groups is 1. The summed E-state index contributed by atoms with van der Waals surface area (Å²) in [6.45, 7) is 2.05. The van der Waals surface area contributed by atoms with Gasteiger partial charge in [0, 0.05) is 18.2 Å². The Morgan fingerprint density at radius 3 is 2.48 bits per heavy atom. The molecule has 2 atom stereocenters. The smallest absolute Gasteiger partial charge is 0.322 e. The summed E-state index contributed by atoms with van der Waals surface area (Å²) in [5, 5.41) is 7.75. The highest BCUT2D eigenvalue weighted by molar-refractivity contribution is 6.07. The van der Waals surface area contributed by atoms with E-state index in [2.05, 4.69) is 16.0 Å². The third-order valence-corrected chi connectivity index (χ3v) is 4.53. The second-order valence-corrected chi connectivity index (χ2v) is 6.26. The largest absolute Gasteiger partial charge is 0.348 e. The highest BCUT2D eigenvalue weighted by atomic mass is 16.2. The van der Waals surface area contributed by atoms with Gasteiger partial charge in [-0.1, -0.05) is 12.1 Å². The molecule has 0 spiro atoms. The molecule has 7 nitrogen and oxygen atoms in total. The van der Waals surface area contributed by atoms with Crippen molar-refractivity contribution in [1.82, 2.24) is 16.0 Å². The van der Waals surface area contributed by atoms with Gasteiger partial charge in [0.2, 0.25) is 0 Å². The lowest BCUT2D eigenvalue weighted by Gasteiger charge is -2.21. The van der Waals surface area contributed by atoms with Crippen LogP contribution in [0.3, 0.4) is 0 Å². The lowest BCUT2D eigenvalue weighted by atomic mass is 9.91. The van der Waals surface area contributed by atoms with Crippen molar-refractivity contribution in [3.05, 3.63) is 35.4 Å². The Labute approximate surface area is 134 Å². The van der Waals surface area contributed by atoms with Crippen LogP contribution in [0.25, 0.3) is 0 Å². The number of hydrogen-bond donors (Lipinski definition) is 4. The maximum atomic E-state index is 12.3. The first kappa shape index (κ1) is 15.5. The molecule has 1 aromatic rings. The predicted octanol–water partition coefficient (Wildman–Crippen LogP) is 0.208. The van der Waals surface area contributed by atoms with E-state index in [4.69, 9.17) is 5.73 Å². The molecule has 0 aromatic heterocycles. The minimum atomic E-state index is -1.11. The predicted molar refractivity (Wildman–Crippen MR) is 83.5 cm³/mol. The fourth-order valence-corrected chi connectivity index (χ4v) is 2.82. The van der Waals surface area contributed by atoms with Crippen LogP contribution in [0.1, 0.15) is 35.7 Å². The monoisotopic (exact) mass is 316 g/mol. The van der Waals surface area contributed by atoms with Crippen molar-refractivity contribution < 1.29 is 14.4 Å². The van der Waals surface area contributed by atoms with Crippen molar-refractivity contribution in [2.24, 2.45) is 11.7 Å². The van der Waals surface area contributed by atoms with Gasteiger partial charge in [0.1, 0.15) is 5.54 Å². The summed E-state index contributed by atoms with van der Waals surface area (Å²) in [6.07, 6.45) is 2.21. The number of nitrogens with one attached hydrogen (secondary N) is 3. The topological polar surface area (TPSA) is 113 Å². The number of imide groups is 1. The van der Waals surface area contributed by atoms with Crippen LogP contribution in [0.5, 0.6) is 0 Å². The van der Waals surface area contributed by atoms with E-state index < -0.39 is 17.5 Å². The van der Waals surface area contributed by atoms with E-state index in [0.717, 1.165) is 12.8 Å². The first-order valence-electron chi connectivity index (χ1n) is 7.69. The van der Waals surface area contributed by atoms with Gasteiger partial charge in [-0.25, -0.2) is 4.79 Å². The Balaban J connectivity index is 1.73. The molecule has 3 rings (SSSR count). The summed E-state index contributed by atoms with van der Waals surface area (Å²) >= 11 is 0. The Bertz CT molecular complexity index is 654. The molecule has 2 aliphatic rings. The Morgan fingerprint density at radius 2 is 2.00 bits per heavy atom. The number of carbonyl (C=O) groups excluding carboxylic acids is 3. The summed E-state index contributed by atoms with van der Waals surface area (Å²) in [7, 11) is 0. The van der Waals surface area contributed by atoms with E-state index in [9.17, 15) is 14.4 Å². The number of nitrogens with two attached hydrogens (primary N) is 1. The van der Waals surface area contributed by atoms with Crippen molar-refractivity contribution in [2.75, 3.05) is 6.54 Å². The number of rotatable bonds is 5. The molecule has 1 heterocycles. The first-order valence-corrected chi connectivity index (χ1v) is 7.69. The van der Waals surface area contributed by atoms with Gasteiger partial charge in [0.05, 0.1) is 0 Å². The zero-order valence-electron chi connectivity index (χ0n) is 12.9. The van der Waals surface area contributed by atoms with Crippen molar-refractivity contribution >= 4 is 17.8 Å². The molecule has 2 fully saturated rings. The van der Waals surface area contributed by atoms with E-state index >= 15 is 0 Å². The van der Waals surface area contributed by atoms with Crippen LogP contribution in [-0.2, 0) is 10.3 Å². The highest BCUT2D eigenvalue weighted by Gasteiger charge is 2.43. The molecule has 1 aliphatic carbocycles. The molecular weight excluding hydrogens is 296 g/mol. The van der Waals surface area contributed by atoms with Gasteiger partial charge in [-0.3, -0.25) is 14.9 Å². The fraction of sp³-hybridized carbons (Fsp3) is 0.438. The first-order chi connectivity index (χ1) is 10.9. The van der Waals surface area contributed by atoms with Crippen molar-refractivity contribution in [2.45, 2.75) is 31.3 Å². The normalized spacial score (nSPS) is 24.8. The van der Waals surface area contributed by atoms with E-state index in [-0.39, 0.29) is 11.9 Å². The second kappa shape index (κ2) is 5.66. The highest BCUT2D eigenvalue weighted by Crippen LogP contribution is 2.32. The third-order valence-electron chi connectivity index (χ3n) is 4.53. The number of benzene rings is 1. The van der Waals surface area contributed by atoms with Crippen LogP contribution in [0, 0.1) is 5.92 Å². The third kappa shape index (κ3) is 2.92. The zero-order valence-corrected chi connectivity index (χ0v) is 12.9. The number of hydrogen-bond acceptors (Lipinski definition) is 4. The minimum absolute atomic E-state index is 0.0135. The molecule has 23 heavy (non-hydrogen) atoms. The van der Waals surface area contributed by atoms with E-state index in [1.165, 1.54) is 0 Å². The Morgan fingerprint density at radius 1 is 1.35 bits per heavy atom. The van der Waals surface area contributed by atoms with Gasteiger partial charge in [0.25, 0.3) is 11.8 Å². The van der Waals surface area contributed by atoms with Crippen LogP contribution >= 0.6 is 0 Å².